The number of carbonyl (C=O) groups is 2. The Labute approximate surface area is 133 Å². The third-order valence-corrected chi connectivity index (χ3v) is 2.77. The predicted molar refractivity (Wildman–Crippen MR) is 72.9 cm³/mol. The summed E-state index contributed by atoms with van der Waals surface area (Å²) in [6.07, 6.45) is -2.13. The molecule has 1 amide bonds. The topological polar surface area (TPSA) is 73.2 Å². The molecule has 0 aliphatic carbocycles. The van der Waals surface area contributed by atoms with Crippen molar-refractivity contribution < 1.29 is 31.9 Å². The van der Waals surface area contributed by atoms with Crippen molar-refractivity contribution in [3.63, 3.8) is 0 Å². The number of carbonyl (C=O) groups excluding carboxylic acids is 2. The molecule has 0 saturated carbocycles. The van der Waals surface area contributed by atoms with Crippen LogP contribution in [0.4, 0.5) is 17.6 Å². The molecule has 0 saturated heterocycles. The normalized spacial score (nSPS) is 11.2. The van der Waals surface area contributed by atoms with E-state index in [1.165, 1.54) is 35.2 Å². The van der Waals surface area contributed by atoms with Crippen LogP contribution in [0.1, 0.15) is 10.5 Å². The maximum atomic E-state index is 12.9. The molecule has 1 aromatic carbocycles. The van der Waals surface area contributed by atoms with Gasteiger partial charge in [0.15, 0.2) is 12.3 Å². The van der Waals surface area contributed by atoms with E-state index in [-0.39, 0.29) is 5.69 Å². The largest absolute Gasteiger partial charge is 0.451 e. The van der Waals surface area contributed by atoms with Gasteiger partial charge in [-0.2, -0.15) is 13.2 Å². The molecule has 2 aromatic rings. The van der Waals surface area contributed by atoms with Crippen LogP contribution >= 0.6 is 0 Å². The van der Waals surface area contributed by atoms with Gasteiger partial charge in [-0.3, -0.25) is 9.36 Å². The summed E-state index contributed by atoms with van der Waals surface area (Å²) in [7, 11) is 0. The number of hydrogen-bond acceptors (Lipinski definition) is 4. The number of amides is 1. The molecule has 0 fully saturated rings. The maximum Gasteiger partial charge on any atom is 0.405 e. The summed E-state index contributed by atoms with van der Waals surface area (Å²) < 4.78 is 54.7. The molecule has 128 valence electrons. The van der Waals surface area contributed by atoms with Crippen molar-refractivity contribution in [2.45, 2.75) is 6.18 Å². The van der Waals surface area contributed by atoms with E-state index in [9.17, 15) is 27.2 Å². The lowest BCUT2D eigenvalue weighted by Crippen LogP contribution is -2.36. The van der Waals surface area contributed by atoms with Crippen molar-refractivity contribution in [3.8, 4) is 5.69 Å². The van der Waals surface area contributed by atoms with Crippen LogP contribution in [0.3, 0.4) is 0 Å². The lowest BCUT2D eigenvalue weighted by Gasteiger charge is -2.10. The average Bonchev–Trinajstić information content (AvgIpc) is 3.00. The van der Waals surface area contributed by atoms with Crippen LogP contribution in [0.5, 0.6) is 0 Å². The Morgan fingerprint density at radius 2 is 1.88 bits per heavy atom. The zero-order valence-electron chi connectivity index (χ0n) is 12.0. The highest BCUT2D eigenvalue weighted by molar-refractivity contribution is 5.90. The van der Waals surface area contributed by atoms with Crippen molar-refractivity contribution in [3.05, 3.63) is 48.3 Å². The van der Waals surface area contributed by atoms with Gasteiger partial charge in [0.05, 0.1) is 12.5 Å². The molecule has 0 radical (unpaired) electrons. The SMILES string of the molecule is O=C(COC(=O)c1cncn1-c1ccc(F)cc1)NCC(F)(F)F. The van der Waals surface area contributed by atoms with Crippen LogP contribution in [-0.2, 0) is 9.53 Å². The second-order valence-corrected chi connectivity index (χ2v) is 4.59. The van der Waals surface area contributed by atoms with Crippen molar-refractivity contribution in [1.82, 2.24) is 14.9 Å². The number of halogens is 4. The number of alkyl halides is 3. The van der Waals surface area contributed by atoms with Crippen LogP contribution in [0.15, 0.2) is 36.8 Å². The zero-order chi connectivity index (χ0) is 17.7. The Balaban J connectivity index is 1.98. The smallest absolute Gasteiger partial charge is 0.405 e. The minimum atomic E-state index is -4.55. The number of nitrogens with one attached hydrogen (secondary N) is 1. The van der Waals surface area contributed by atoms with Crippen molar-refractivity contribution in [1.29, 1.82) is 0 Å². The highest BCUT2D eigenvalue weighted by atomic mass is 19.4. The first kappa shape index (κ1) is 17.4. The fourth-order valence-electron chi connectivity index (χ4n) is 1.71. The predicted octanol–water partition coefficient (Wildman–Crippen LogP) is 1.85. The zero-order valence-corrected chi connectivity index (χ0v) is 12.0. The second-order valence-electron chi connectivity index (χ2n) is 4.59. The summed E-state index contributed by atoms with van der Waals surface area (Å²) >= 11 is 0. The number of esters is 1. The highest BCUT2D eigenvalue weighted by Gasteiger charge is 2.28. The summed E-state index contributed by atoms with van der Waals surface area (Å²) in [5.74, 6) is -2.52. The van der Waals surface area contributed by atoms with Gasteiger partial charge < -0.3 is 10.1 Å². The standard InChI is InChI=1S/C14H11F4N3O3/c15-9-1-3-10(4-2-9)21-8-19-5-11(21)13(23)24-6-12(22)20-7-14(16,17)18/h1-5,8H,6-7H2,(H,20,22). The molecule has 10 heteroatoms. The van der Waals surface area contributed by atoms with Gasteiger partial charge >= 0.3 is 12.1 Å². The third kappa shape index (κ3) is 4.80. The van der Waals surface area contributed by atoms with E-state index in [2.05, 4.69) is 9.72 Å². The number of hydrogen-bond donors (Lipinski definition) is 1. The molecule has 0 unspecified atom stereocenters. The molecule has 0 atom stereocenters. The van der Waals surface area contributed by atoms with E-state index < -0.39 is 37.0 Å². The van der Waals surface area contributed by atoms with Gasteiger partial charge in [-0.1, -0.05) is 0 Å². The van der Waals surface area contributed by atoms with E-state index in [4.69, 9.17) is 0 Å². The molecule has 1 heterocycles. The average molecular weight is 345 g/mol. The minimum Gasteiger partial charge on any atom is -0.451 e. The Hall–Kier alpha value is -2.91. The van der Waals surface area contributed by atoms with Crippen LogP contribution in [-0.4, -0.2) is 40.8 Å². The highest BCUT2D eigenvalue weighted by Crippen LogP contribution is 2.13. The lowest BCUT2D eigenvalue weighted by molar-refractivity contribution is -0.140. The molecule has 2 rings (SSSR count). The Bertz CT molecular complexity index is 726. The Kier molecular flexibility index (Phi) is 5.17. The van der Waals surface area contributed by atoms with Crippen molar-refractivity contribution in [2.75, 3.05) is 13.2 Å². The molecular weight excluding hydrogens is 334 g/mol. The van der Waals surface area contributed by atoms with E-state index in [0.717, 1.165) is 6.20 Å². The van der Waals surface area contributed by atoms with E-state index >= 15 is 0 Å². The molecule has 1 N–H and O–H groups in total. The van der Waals surface area contributed by atoms with Gasteiger partial charge in [-0.05, 0) is 24.3 Å². The van der Waals surface area contributed by atoms with Crippen LogP contribution in [0, 0.1) is 5.82 Å². The number of nitrogens with zero attached hydrogens (tertiary/aromatic N) is 2. The lowest BCUT2D eigenvalue weighted by atomic mass is 10.3. The Morgan fingerprint density at radius 1 is 1.21 bits per heavy atom. The molecular formula is C14H11F4N3O3. The molecule has 1 aromatic heterocycles. The third-order valence-electron chi connectivity index (χ3n) is 2.77. The molecule has 0 aliphatic rings. The monoisotopic (exact) mass is 345 g/mol. The number of aromatic nitrogens is 2. The van der Waals surface area contributed by atoms with Crippen molar-refractivity contribution in [2.24, 2.45) is 0 Å². The van der Waals surface area contributed by atoms with E-state index in [1.54, 1.807) is 5.32 Å². The Morgan fingerprint density at radius 3 is 2.50 bits per heavy atom. The number of rotatable bonds is 5. The first-order valence-corrected chi connectivity index (χ1v) is 6.55. The molecule has 0 spiro atoms. The van der Waals surface area contributed by atoms with Gasteiger partial charge in [-0.15, -0.1) is 0 Å². The number of ether oxygens (including phenoxy) is 1. The van der Waals surface area contributed by atoms with Crippen LogP contribution in [0.2, 0.25) is 0 Å². The second kappa shape index (κ2) is 7.11. The van der Waals surface area contributed by atoms with Gasteiger partial charge in [0, 0.05) is 5.69 Å². The fourth-order valence-corrected chi connectivity index (χ4v) is 1.71. The van der Waals surface area contributed by atoms with Crippen LogP contribution < -0.4 is 5.32 Å². The molecule has 0 bridgehead atoms. The van der Waals surface area contributed by atoms with Gasteiger partial charge in [0.25, 0.3) is 5.91 Å². The molecule has 0 aliphatic heterocycles. The summed E-state index contributed by atoms with van der Waals surface area (Å²) in [6.45, 7) is -2.39. The van der Waals surface area contributed by atoms with Gasteiger partial charge in [0.2, 0.25) is 0 Å². The summed E-state index contributed by atoms with van der Waals surface area (Å²) in [5.41, 5.74) is 0.354. The summed E-state index contributed by atoms with van der Waals surface area (Å²) in [5, 5.41) is 1.57. The molecule has 6 nitrogen and oxygen atoms in total. The van der Waals surface area contributed by atoms with Gasteiger partial charge in [-0.25, -0.2) is 14.2 Å². The first-order chi connectivity index (χ1) is 11.3. The number of benzene rings is 1. The fraction of sp³-hybridized carbons (Fsp3) is 0.214. The quantitative estimate of drug-likeness (QED) is 0.663. The van der Waals surface area contributed by atoms with E-state index in [0.29, 0.717) is 5.69 Å². The van der Waals surface area contributed by atoms with E-state index in [1.807, 2.05) is 0 Å². The van der Waals surface area contributed by atoms with Crippen molar-refractivity contribution >= 4 is 11.9 Å². The summed E-state index contributed by atoms with van der Waals surface area (Å²) in [4.78, 5) is 26.9. The van der Waals surface area contributed by atoms with Gasteiger partial charge in [0.1, 0.15) is 12.4 Å². The number of imidazole rings is 1. The molecule has 24 heavy (non-hydrogen) atoms. The summed E-state index contributed by atoms with van der Waals surface area (Å²) in [6, 6.07) is 5.14. The maximum absolute atomic E-state index is 12.9. The first-order valence-electron chi connectivity index (χ1n) is 6.55. The van der Waals surface area contributed by atoms with Crippen LogP contribution in [0.25, 0.3) is 5.69 Å². The minimum absolute atomic E-state index is 0.0646.